The Bertz CT molecular complexity index is 2480. The van der Waals surface area contributed by atoms with E-state index in [0.717, 1.165) is 61.2 Å². The number of rotatable bonds is 6. The standard InChI is InChI=1S/C44H31N3/c1-3-13-36-33(4-2)34-16-7-5-14-31(34)26-39(36)42-28-43(40-27-32-15-6-8-17-35(32)37-18-9-10-19-38(37)40)47-44(46-42)30-23-21-29(22-24-30)41-20-11-12-25-45-41/h3-28H,2H2,1H3/b13-3+. The third-order valence-corrected chi connectivity index (χ3v) is 8.82. The van der Waals surface area contributed by atoms with Crippen molar-refractivity contribution in [1.29, 1.82) is 0 Å². The highest BCUT2D eigenvalue weighted by molar-refractivity contribution is 6.13. The molecule has 8 rings (SSSR count). The Morgan fingerprint density at radius 2 is 1.11 bits per heavy atom. The van der Waals surface area contributed by atoms with Crippen LogP contribution in [0.15, 0.2) is 152 Å². The van der Waals surface area contributed by atoms with E-state index in [2.05, 4.69) is 139 Å². The van der Waals surface area contributed by atoms with Crippen LogP contribution in [-0.4, -0.2) is 15.0 Å². The average Bonchev–Trinajstić information content (AvgIpc) is 3.14. The van der Waals surface area contributed by atoms with E-state index in [1.54, 1.807) is 0 Å². The molecule has 222 valence electrons. The third kappa shape index (κ3) is 5.08. The summed E-state index contributed by atoms with van der Waals surface area (Å²) in [6, 6.07) is 46.6. The average molecular weight is 602 g/mol. The van der Waals surface area contributed by atoms with E-state index < -0.39 is 0 Å². The molecule has 0 atom stereocenters. The first-order valence-electron chi connectivity index (χ1n) is 15.8. The summed E-state index contributed by atoms with van der Waals surface area (Å²) >= 11 is 0. The maximum absolute atomic E-state index is 5.27. The van der Waals surface area contributed by atoms with Crippen LogP contribution in [0.5, 0.6) is 0 Å². The van der Waals surface area contributed by atoms with Gasteiger partial charge in [-0.15, -0.1) is 0 Å². The van der Waals surface area contributed by atoms with Crippen molar-refractivity contribution in [2.24, 2.45) is 0 Å². The zero-order valence-electron chi connectivity index (χ0n) is 26.1. The minimum atomic E-state index is 0.669. The number of nitrogens with zero attached hydrogens (tertiary/aromatic N) is 3. The quantitative estimate of drug-likeness (QED) is 0.178. The SMILES string of the molecule is C=Cc1c(/C=C/C)c(-c2cc(-c3cc4ccccc4c4ccccc34)nc(-c3ccc(-c4ccccn4)cc3)n2)cc2ccccc12. The zero-order valence-corrected chi connectivity index (χ0v) is 26.1. The first-order valence-corrected chi connectivity index (χ1v) is 15.8. The summed E-state index contributed by atoms with van der Waals surface area (Å²) in [6.07, 6.45) is 8.01. The molecule has 0 unspecified atom stereocenters. The lowest BCUT2D eigenvalue weighted by molar-refractivity contribution is 1.18. The van der Waals surface area contributed by atoms with E-state index >= 15 is 0 Å². The van der Waals surface area contributed by atoms with Crippen LogP contribution in [0.3, 0.4) is 0 Å². The molecule has 0 radical (unpaired) electrons. The highest BCUT2D eigenvalue weighted by Crippen LogP contribution is 2.39. The van der Waals surface area contributed by atoms with Gasteiger partial charge in [0.05, 0.1) is 17.1 Å². The monoisotopic (exact) mass is 601 g/mol. The van der Waals surface area contributed by atoms with E-state index in [1.165, 1.54) is 21.5 Å². The number of aromatic nitrogens is 3. The Labute approximate surface area is 274 Å². The van der Waals surface area contributed by atoms with Crippen molar-refractivity contribution in [2.75, 3.05) is 0 Å². The van der Waals surface area contributed by atoms with Crippen molar-refractivity contribution in [2.45, 2.75) is 6.92 Å². The fourth-order valence-corrected chi connectivity index (χ4v) is 6.61. The Kier molecular flexibility index (Phi) is 7.20. The van der Waals surface area contributed by atoms with Crippen LogP contribution in [0.2, 0.25) is 0 Å². The summed E-state index contributed by atoms with van der Waals surface area (Å²) in [5.74, 6) is 0.669. The van der Waals surface area contributed by atoms with Crippen molar-refractivity contribution >= 4 is 44.5 Å². The van der Waals surface area contributed by atoms with Crippen molar-refractivity contribution < 1.29 is 0 Å². The van der Waals surface area contributed by atoms with Gasteiger partial charge < -0.3 is 0 Å². The minimum Gasteiger partial charge on any atom is -0.256 e. The Hall–Kier alpha value is -6.19. The topological polar surface area (TPSA) is 38.7 Å². The molecule has 6 aromatic carbocycles. The van der Waals surface area contributed by atoms with Crippen LogP contribution >= 0.6 is 0 Å². The van der Waals surface area contributed by atoms with Crippen LogP contribution < -0.4 is 0 Å². The molecule has 0 amide bonds. The maximum atomic E-state index is 5.27. The number of hydrogen-bond acceptors (Lipinski definition) is 3. The van der Waals surface area contributed by atoms with E-state index in [0.29, 0.717) is 5.82 Å². The molecule has 0 saturated heterocycles. The number of benzene rings is 6. The van der Waals surface area contributed by atoms with Crippen LogP contribution in [0.1, 0.15) is 18.1 Å². The molecule has 0 saturated carbocycles. The molecule has 0 bridgehead atoms. The van der Waals surface area contributed by atoms with Crippen LogP contribution in [0, 0.1) is 0 Å². The molecule has 47 heavy (non-hydrogen) atoms. The van der Waals surface area contributed by atoms with Gasteiger partial charge in [0.25, 0.3) is 0 Å². The summed E-state index contributed by atoms with van der Waals surface area (Å²) in [4.78, 5) is 15.1. The van der Waals surface area contributed by atoms with E-state index in [-0.39, 0.29) is 0 Å². The predicted octanol–water partition coefficient (Wildman–Crippen LogP) is 11.7. The molecular formula is C44H31N3. The van der Waals surface area contributed by atoms with Gasteiger partial charge >= 0.3 is 0 Å². The molecule has 2 aromatic heterocycles. The van der Waals surface area contributed by atoms with E-state index in [1.807, 2.05) is 37.4 Å². The molecule has 0 aliphatic carbocycles. The van der Waals surface area contributed by atoms with Crippen LogP contribution in [0.4, 0.5) is 0 Å². The lowest BCUT2D eigenvalue weighted by atomic mass is 9.91. The molecule has 0 aliphatic heterocycles. The summed E-state index contributed by atoms with van der Waals surface area (Å²) in [7, 11) is 0. The summed E-state index contributed by atoms with van der Waals surface area (Å²) in [5, 5.41) is 7.08. The normalized spacial score (nSPS) is 11.5. The van der Waals surface area contributed by atoms with Gasteiger partial charge in [0.2, 0.25) is 0 Å². The fraction of sp³-hybridized carbons (Fsp3) is 0.0227. The Morgan fingerprint density at radius 3 is 1.81 bits per heavy atom. The summed E-state index contributed by atoms with van der Waals surface area (Å²) < 4.78 is 0. The van der Waals surface area contributed by atoms with Gasteiger partial charge in [0.1, 0.15) is 0 Å². The smallest absolute Gasteiger partial charge is 0.160 e. The second kappa shape index (κ2) is 12.0. The molecule has 2 heterocycles. The van der Waals surface area contributed by atoms with Gasteiger partial charge in [-0.3, -0.25) is 4.98 Å². The summed E-state index contributed by atoms with van der Waals surface area (Å²) in [6.45, 7) is 6.26. The highest BCUT2D eigenvalue weighted by atomic mass is 14.9. The molecular weight excluding hydrogens is 571 g/mol. The molecule has 0 spiro atoms. The first kappa shape index (κ1) is 28.3. The third-order valence-electron chi connectivity index (χ3n) is 8.82. The predicted molar refractivity (Wildman–Crippen MR) is 199 cm³/mol. The molecule has 0 aliphatic rings. The van der Waals surface area contributed by atoms with Crippen molar-refractivity contribution in [3.05, 3.63) is 163 Å². The largest absolute Gasteiger partial charge is 0.256 e. The fourth-order valence-electron chi connectivity index (χ4n) is 6.61. The van der Waals surface area contributed by atoms with Gasteiger partial charge in [-0.25, -0.2) is 9.97 Å². The van der Waals surface area contributed by atoms with Gasteiger partial charge in [0, 0.05) is 28.5 Å². The second-order valence-corrected chi connectivity index (χ2v) is 11.6. The van der Waals surface area contributed by atoms with Gasteiger partial charge in [-0.05, 0) is 80.7 Å². The number of pyridine rings is 1. The Morgan fingerprint density at radius 1 is 0.511 bits per heavy atom. The van der Waals surface area contributed by atoms with Crippen LogP contribution in [0.25, 0.3) is 89.6 Å². The highest BCUT2D eigenvalue weighted by Gasteiger charge is 2.18. The second-order valence-electron chi connectivity index (χ2n) is 11.6. The van der Waals surface area contributed by atoms with Crippen molar-refractivity contribution in [3.8, 4) is 45.2 Å². The molecule has 0 N–H and O–H groups in total. The number of allylic oxidation sites excluding steroid dienone is 1. The number of fused-ring (bicyclic) bond motifs is 4. The van der Waals surface area contributed by atoms with E-state index in [9.17, 15) is 0 Å². The van der Waals surface area contributed by atoms with Crippen molar-refractivity contribution in [3.63, 3.8) is 0 Å². The summed E-state index contributed by atoms with van der Waals surface area (Å²) in [5.41, 5.74) is 8.95. The molecule has 8 aromatic rings. The van der Waals surface area contributed by atoms with Gasteiger partial charge in [-0.1, -0.05) is 128 Å². The van der Waals surface area contributed by atoms with Crippen LogP contribution in [-0.2, 0) is 0 Å². The first-order chi connectivity index (χ1) is 23.2. The van der Waals surface area contributed by atoms with Gasteiger partial charge in [0.15, 0.2) is 5.82 Å². The lowest BCUT2D eigenvalue weighted by Gasteiger charge is -2.16. The Balaban J connectivity index is 1.42. The molecule has 3 nitrogen and oxygen atoms in total. The van der Waals surface area contributed by atoms with E-state index in [4.69, 9.17) is 9.97 Å². The number of hydrogen-bond donors (Lipinski definition) is 0. The van der Waals surface area contributed by atoms with Crippen molar-refractivity contribution in [1.82, 2.24) is 15.0 Å². The maximum Gasteiger partial charge on any atom is 0.160 e. The molecule has 3 heteroatoms. The lowest BCUT2D eigenvalue weighted by Crippen LogP contribution is -1.99. The zero-order chi connectivity index (χ0) is 31.7. The molecule has 0 fully saturated rings. The minimum absolute atomic E-state index is 0.669. The van der Waals surface area contributed by atoms with Gasteiger partial charge in [-0.2, -0.15) is 0 Å².